The lowest BCUT2D eigenvalue weighted by Crippen LogP contribution is -2.29. The number of hydrogen-bond donors (Lipinski definition) is 1. The highest BCUT2D eigenvalue weighted by Gasteiger charge is 2.29. The van der Waals surface area contributed by atoms with E-state index in [1.54, 1.807) is 55.5 Å². The third kappa shape index (κ3) is 5.96. The molecule has 1 atom stereocenters. The van der Waals surface area contributed by atoms with Crippen molar-refractivity contribution in [3.05, 3.63) is 82.6 Å². The molecule has 0 aliphatic carbocycles. The minimum Gasteiger partial charge on any atom is -0.466 e. The molecular formula is C24H22N4O5. The number of nitrogens with two attached hydrogens (primary N) is 1. The number of oxime groups is 1. The molecule has 0 amide bonds. The van der Waals surface area contributed by atoms with Crippen LogP contribution in [0.25, 0.3) is 0 Å². The average molecular weight is 446 g/mol. The van der Waals surface area contributed by atoms with Crippen LogP contribution in [0.4, 0.5) is 0 Å². The summed E-state index contributed by atoms with van der Waals surface area (Å²) in [5.74, 6) is -3.47. The number of carbonyl (C=O) groups excluding carboxylic acids is 2. The first-order valence-corrected chi connectivity index (χ1v) is 9.74. The molecule has 0 aliphatic heterocycles. The van der Waals surface area contributed by atoms with Crippen molar-refractivity contribution >= 4 is 17.8 Å². The van der Waals surface area contributed by atoms with Crippen molar-refractivity contribution in [3.8, 4) is 12.1 Å². The molecule has 0 saturated carbocycles. The molecule has 0 saturated heterocycles. The van der Waals surface area contributed by atoms with Gasteiger partial charge in [0.25, 0.3) is 0 Å². The van der Waals surface area contributed by atoms with E-state index in [-0.39, 0.29) is 5.84 Å². The number of ether oxygens (including phenoxy) is 2. The first-order valence-electron chi connectivity index (χ1n) is 9.74. The fraction of sp³-hybridized carbons (Fsp3) is 0.208. The average Bonchev–Trinajstić information content (AvgIpc) is 2.86. The molecule has 0 spiro atoms. The molecule has 9 nitrogen and oxygen atoms in total. The van der Waals surface area contributed by atoms with E-state index in [9.17, 15) is 20.1 Å². The summed E-state index contributed by atoms with van der Waals surface area (Å²) in [6, 6.07) is 18.2. The predicted octanol–water partition coefficient (Wildman–Crippen LogP) is 2.72. The Bertz CT molecular complexity index is 1120. The maximum Gasteiger partial charge on any atom is 0.377 e. The van der Waals surface area contributed by atoms with Crippen LogP contribution in [0.3, 0.4) is 0 Å². The second-order valence-electron chi connectivity index (χ2n) is 6.80. The highest BCUT2D eigenvalue weighted by atomic mass is 16.7. The second kappa shape index (κ2) is 11.7. The van der Waals surface area contributed by atoms with Gasteiger partial charge < -0.3 is 20.0 Å². The molecule has 2 rings (SSSR count). The smallest absolute Gasteiger partial charge is 0.377 e. The monoisotopic (exact) mass is 446 g/mol. The maximum atomic E-state index is 11.9. The number of benzene rings is 2. The fourth-order valence-electron chi connectivity index (χ4n) is 3.19. The van der Waals surface area contributed by atoms with Gasteiger partial charge in [0.1, 0.15) is 5.84 Å². The molecule has 33 heavy (non-hydrogen) atoms. The number of nitrogens with zero attached hydrogens (tertiary/aromatic N) is 3. The Balaban J connectivity index is 2.54. The van der Waals surface area contributed by atoms with E-state index in [1.807, 2.05) is 0 Å². The zero-order chi connectivity index (χ0) is 24.4. The number of carbonyl (C=O) groups is 2. The summed E-state index contributed by atoms with van der Waals surface area (Å²) in [5, 5.41) is 23.1. The molecule has 2 aromatic rings. The van der Waals surface area contributed by atoms with Crippen molar-refractivity contribution in [2.75, 3.05) is 14.2 Å². The molecule has 1 unspecified atom stereocenters. The van der Waals surface area contributed by atoms with Gasteiger partial charge >= 0.3 is 11.9 Å². The predicted molar refractivity (Wildman–Crippen MR) is 118 cm³/mol. The van der Waals surface area contributed by atoms with E-state index >= 15 is 0 Å². The van der Waals surface area contributed by atoms with Crippen LogP contribution in [0.1, 0.15) is 35.1 Å². The third-order valence-electron chi connectivity index (χ3n) is 4.89. The largest absolute Gasteiger partial charge is 0.466 e. The quantitative estimate of drug-likeness (QED) is 0.162. The zero-order valence-corrected chi connectivity index (χ0v) is 18.3. The van der Waals surface area contributed by atoms with E-state index in [1.165, 1.54) is 0 Å². The molecule has 0 aliphatic rings. The standard InChI is InChI=1S/C24H22N4O5/c1-15(23(27)28-33-20(24(30)32-3)12-21(29)31-2)22(18-10-6-4-8-16(18)13-25)19-11-7-5-9-17(19)14-26/h4-12,15,22H,1-3H3,(H2,27,28). The molecular weight excluding hydrogens is 424 g/mol. The molecule has 9 heteroatoms. The van der Waals surface area contributed by atoms with Gasteiger partial charge in [0.05, 0.1) is 43.6 Å². The lowest BCUT2D eigenvalue weighted by molar-refractivity contribution is -0.142. The Hall–Kier alpha value is -4.63. The molecule has 0 aromatic heterocycles. The highest BCUT2D eigenvalue weighted by Crippen LogP contribution is 2.36. The summed E-state index contributed by atoms with van der Waals surface area (Å²) >= 11 is 0. The normalized spacial score (nSPS) is 12.3. The van der Waals surface area contributed by atoms with Crippen molar-refractivity contribution in [2.24, 2.45) is 16.8 Å². The highest BCUT2D eigenvalue weighted by molar-refractivity contribution is 5.94. The van der Waals surface area contributed by atoms with Crippen LogP contribution in [0.5, 0.6) is 0 Å². The minimum atomic E-state index is -0.953. The number of hydrogen-bond acceptors (Lipinski definition) is 8. The molecule has 2 aromatic carbocycles. The maximum absolute atomic E-state index is 11.9. The molecule has 0 fully saturated rings. The molecule has 168 valence electrons. The van der Waals surface area contributed by atoms with Crippen LogP contribution in [-0.2, 0) is 23.9 Å². The lowest BCUT2D eigenvalue weighted by atomic mass is 9.78. The van der Waals surface area contributed by atoms with Crippen LogP contribution < -0.4 is 5.73 Å². The van der Waals surface area contributed by atoms with Gasteiger partial charge in [0.15, 0.2) is 0 Å². The summed E-state index contributed by atoms with van der Waals surface area (Å²) in [4.78, 5) is 28.5. The van der Waals surface area contributed by atoms with Gasteiger partial charge in [-0.2, -0.15) is 10.5 Å². The van der Waals surface area contributed by atoms with Crippen molar-refractivity contribution < 1.29 is 23.9 Å². The molecule has 0 bridgehead atoms. The molecule has 2 N–H and O–H groups in total. The summed E-state index contributed by atoms with van der Waals surface area (Å²) in [7, 11) is 2.25. The SMILES string of the molecule is COC(=O)C=C(O/N=C(\N)C(C)C(c1ccccc1C#N)c1ccccc1C#N)C(=O)OC. The van der Waals surface area contributed by atoms with Gasteiger partial charge in [-0.3, -0.25) is 0 Å². The van der Waals surface area contributed by atoms with Gasteiger partial charge in [-0.15, -0.1) is 0 Å². The van der Waals surface area contributed by atoms with E-state index in [4.69, 9.17) is 10.6 Å². The van der Waals surface area contributed by atoms with E-state index in [0.29, 0.717) is 22.3 Å². The number of esters is 2. The summed E-state index contributed by atoms with van der Waals surface area (Å²) < 4.78 is 9.07. The Labute approximate surface area is 191 Å². The van der Waals surface area contributed by atoms with Crippen LogP contribution in [0.2, 0.25) is 0 Å². The van der Waals surface area contributed by atoms with Gasteiger partial charge in [-0.1, -0.05) is 48.5 Å². The number of methoxy groups -OCH3 is 2. The van der Waals surface area contributed by atoms with Crippen molar-refractivity contribution in [1.29, 1.82) is 10.5 Å². The number of nitriles is 2. The first kappa shape index (κ1) is 24.6. The Morgan fingerprint density at radius 1 is 0.970 bits per heavy atom. The number of amidine groups is 1. The lowest BCUT2D eigenvalue weighted by Gasteiger charge is -2.26. The van der Waals surface area contributed by atoms with E-state index in [2.05, 4.69) is 26.8 Å². The molecule has 0 heterocycles. The van der Waals surface area contributed by atoms with E-state index < -0.39 is 29.5 Å². The van der Waals surface area contributed by atoms with Crippen LogP contribution in [-0.4, -0.2) is 32.0 Å². The van der Waals surface area contributed by atoms with E-state index in [0.717, 1.165) is 20.3 Å². The first-order chi connectivity index (χ1) is 15.9. The minimum absolute atomic E-state index is 0.0415. The second-order valence-corrected chi connectivity index (χ2v) is 6.80. The third-order valence-corrected chi connectivity index (χ3v) is 4.89. The zero-order valence-electron chi connectivity index (χ0n) is 18.3. The van der Waals surface area contributed by atoms with Gasteiger partial charge in [0, 0.05) is 11.8 Å². The fourth-order valence-corrected chi connectivity index (χ4v) is 3.19. The van der Waals surface area contributed by atoms with Crippen LogP contribution in [0.15, 0.2) is 65.5 Å². The van der Waals surface area contributed by atoms with Gasteiger partial charge in [0.2, 0.25) is 5.76 Å². The number of rotatable bonds is 8. The topological polar surface area (TPSA) is 148 Å². The van der Waals surface area contributed by atoms with Crippen molar-refractivity contribution in [1.82, 2.24) is 0 Å². The Kier molecular flexibility index (Phi) is 8.72. The van der Waals surface area contributed by atoms with Crippen molar-refractivity contribution in [3.63, 3.8) is 0 Å². The van der Waals surface area contributed by atoms with Crippen LogP contribution >= 0.6 is 0 Å². The van der Waals surface area contributed by atoms with Gasteiger partial charge in [-0.05, 0) is 23.3 Å². The summed E-state index contributed by atoms with van der Waals surface area (Å²) in [6.07, 6.45) is 0.778. The Morgan fingerprint density at radius 3 is 1.94 bits per heavy atom. The summed E-state index contributed by atoms with van der Waals surface area (Å²) in [5.41, 5.74) is 8.31. The molecule has 0 radical (unpaired) electrons. The van der Waals surface area contributed by atoms with Crippen LogP contribution in [0, 0.1) is 28.6 Å². The Morgan fingerprint density at radius 2 is 1.48 bits per heavy atom. The van der Waals surface area contributed by atoms with Gasteiger partial charge in [-0.25, -0.2) is 9.59 Å². The van der Waals surface area contributed by atoms with Crippen molar-refractivity contribution in [2.45, 2.75) is 12.8 Å². The summed E-state index contributed by atoms with van der Waals surface area (Å²) in [6.45, 7) is 1.75.